The highest BCUT2D eigenvalue weighted by Crippen LogP contribution is 2.28. The number of likely N-dealkylation sites (N-methyl/N-ethyl adjacent to an activating group) is 1. The van der Waals surface area contributed by atoms with Crippen LogP contribution in [0, 0.1) is 5.82 Å². The number of carbonyl (C=O) groups is 1. The van der Waals surface area contributed by atoms with Crippen molar-refractivity contribution in [3.8, 4) is 11.3 Å². The van der Waals surface area contributed by atoms with Gasteiger partial charge in [-0.05, 0) is 50.3 Å². The number of amides is 1. The van der Waals surface area contributed by atoms with Crippen LogP contribution in [0.1, 0.15) is 50.6 Å². The van der Waals surface area contributed by atoms with Gasteiger partial charge in [-0.25, -0.2) is 4.39 Å². The summed E-state index contributed by atoms with van der Waals surface area (Å²) in [4.78, 5) is 14.3. The van der Waals surface area contributed by atoms with Gasteiger partial charge in [0.15, 0.2) is 0 Å². The number of halogens is 2. The van der Waals surface area contributed by atoms with E-state index in [2.05, 4.69) is 10.2 Å². The van der Waals surface area contributed by atoms with Gasteiger partial charge in [-0.15, -0.1) is 12.4 Å². The Bertz CT molecular complexity index is 773. The van der Waals surface area contributed by atoms with Gasteiger partial charge in [0.1, 0.15) is 5.82 Å². The average molecular weight is 409 g/mol. The highest BCUT2D eigenvalue weighted by Gasteiger charge is 2.38. The van der Waals surface area contributed by atoms with E-state index in [0.717, 1.165) is 74.9 Å². The zero-order valence-corrected chi connectivity index (χ0v) is 17.2. The number of nitrogens with one attached hydrogen (secondary N) is 1. The first-order valence-electron chi connectivity index (χ1n) is 9.83. The molecule has 1 saturated carbocycles. The van der Waals surface area contributed by atoms with Gasteiger partial charge in [0.05, 0.1) is 11.2 Å². The Morgan fingerprint density at radius 3 is 2.71 bits per heavy atom. The minimum Gasteiger partial charge on any atom is -0.344 e. The summed E-state index contributed by atoms with van der Waals surface area (Å²) in [6.45, 7) is 0.745. The zero-order valence-electron chi connectivity index (χ0n) is 16.4. The lowest BCUT2D eigenvalue weighted by Crippen LogP contribution is -2.52. The van der Waals surface area contributed by atoms with Crippen LogP contribution >= 0.6 is 12.4 Å². The maximum absolute atomic E-state index is 13.3. The molecule has 0 atom stereocenters. The molecule has 0 spiro atoms. The SMILES string of the molecule is CN(CCCCCc1cc(-c2cccc(F)c2)n[nH]1)C(=O)C1(N)CCCC1.Cl. The van der Waals surface area contributed by atoms with Gasteiger partial charge in [-0.3, -0.25) is 9.89 Å². The summed E-state index contributed by atoms with van der Waals surface area (Å²) in [7, 11) is 1.86. The molecule has 28 heavy (non-hydrogen) atoms. The molecule has 154 valence electrons. The summed E-state index contributed by atoms with van der Waals surface area (Å²) in [6.07, 6.45) is 7.62. The van der Waals surface area contributed by atoms with Crippen molar-refractivity contribution in [3.63, 3.8) is 0 Å². The molecular weight excluding hydrogens is 379 g/mol. The van der Waals surface area contributed by atoms with E-state index in [4.69, 9.17) is 5.73 Å². The lowest BCUT2D eigenvalue weighted by molar-refractivity contribution is -0.135. The Kier molecular flexibility index (Phi) is 8.01. The number of carbonyl (C=O) groups excluding carboxylic acids is 1. The summed E-state index contributed by atoms with van der Waals surface area (Å²) < 4.78 is 13.3. The molecule has 3 N–H and O–H groups in total. The van der Waals surface area contributed by atoms with Gasteiger partial charge in [0.2, 0.25) is 5.91 Å². The molecule has 2 aromatic rings. The van der Waals surface area contributed by atoms with Gasteiger partial charge in [-0.1, -0.05) is 31.4 Å². The van der Waals surface area contributed by atoms with Gasteiger partial charge in [0, 0.05) is 24.8 Å². The third-order valence-electron chi connectivity index (χ3n) is 5.46. The first-order valence-corrected chi connectivity index (χ1v) is 9.83. The quantitative estimate of drug-likeness (QED) is 0.646. The summed E-state index contributed by atoms with van der Waals surface area (Å²) in [5.74, 6) is -0.166. The summed E-state index contributed by atoms with van der Waals surface area (Å²) in [5, 5.41) is 7.30. The van der Waals surface area contributed by atoms with E-state index < -0.39 is 5.54 Å². The molecule has 5 nitrogen and oxygen atoms in total. The molecule has 0 saturated heterocycles. The smallest absolute Gasteiger partial charge is 0.242 e. The van der Waals surface area contributed by atoms with E-state index >= 15 is 0 Å². The van der Waals surface area contributed by atoms with E-state index in [0.29, 0.717) is 0 Å². The summed E-state index contributed by atoms with van der Waals surface area (Å²) >= 11 is 0. The van der Waals surface area contributed by atoms with Crippen molar-refractivity contribution in [2.75, 3.05) is 13.6 Å². The second-order valence-corrected chi connectivity index (χ2v) is 7.69. The van der Waals surface area contributed by atoms with Gasteiger partial charge >= 0.3 is 0 Å². The monoisotopic (exact) mass is 408 g/mol. The standard InChI is InChI=1S/C21H29FN4O.ClH/c1-26(20(27)21(23)11-4-5-12-21)13-6-2-3-10-18-15-19(25-24-18)16-8-7-9-17(22)14-16;/h7-9,14-15H,2-6,10-13,23H2,1H3,(H,24,25);1H. The molecular formula is C21H30ClFN4O. The van der Waals surface area contributed by atoms with Crippen LogP contribution in [-0.4, -0.2) is 40.1 Å². The molecule has 1 amide bonds. The molecule has 1 aromatic heterocycles. The van der Waals surface area contributed by atoms with Crippen LogP contribution in [0.15, 0.2) is 30.3 Å². The Morgan fingerprint density at radius 1 is 1.25 bits per heavy atom. The van der Waals surface area contributed by atoms with Crippen LogP contribution in [0.3, 0.4) is 0 Å². The summed E-state index contributed by atoms with van der Waals surface area (Å²) in [6, 6.07) is 8.43. The molecule has 0 bridgehead atoms. The Labute approximate surface area is 172 Å². The van der Waals surface area contributed by atoms with Crippen molar-refractivity contribution in [1.29, 1.82) is 0 Å². The molecule has 0 unspecified atom stereocenters. The van der Waals surface area contributed by atoms with Crippen molar-refractivity contribution >= 4 is 18.3 Å². The molecule has 1 aromatic carbocycles. The van der Waals surface area contributed by atoms with Crippen LogP contribution < -0.4 is 5.73 Å². The highest BCUT2D eigenvalue weighted by molar-refractivity contribution is 5.86. The topological polar surface area (TPSA) is 75.0 Å². The van der Waals surface area contributed by atoms with Crippen molar-refractivity contribution in [2.24, 2.45) is 5.73 Å². The number of unbranched alkanes of at least 4 members (excludes halogenated alkanes) is 2. The molecule has 1 aliphatic rings. The molecule has 1 heterocycles. The number of hydrogen-bond donors (Lipinski definition) is 2. The number of H-pyrrole nitrogens is 1. The zero-order chi connectivity index (χ0) is 19.3. The Morgan fingerprint density at radius 2 is 2.00 bits per heavy atom. The second kappa shape index (κ2) is 10.0. The van der Waals surface area contributed by atoms with E-state index in [1.54, 1.807) is 11.0 Å². The average Bonchev–Trinajstić information content (AvgIpc) is 3.30. The number of rotatable bonds is 8. The first-order chi connectivity index (χ1) is 13.0. The number of benzene rings is 1. The summed E-state index contributed by atoms with van der Waals surface area (Å²) in [5.41, 5.74) is 8.21. The molecule has 7 heteroatoms. The first kappa shape index (κ1) is 22.4. The van der Waals surface area contributed by atoms with Crippen LogP contribution in [0.4, 0.5) is 4.39 Å². The number of hydrogen-bond acceptors (Lipinski definition) is 3. The van der Waals surface area contributed by atoms with E-state index in [1.807, 2.05) is 19.2 Å². The van der Waals surface area contributed by atoms with Crippen LogP contribution in [-0.2, 0) is 11.2 Å². The highest BCUT2D eigenvalue weighted by atomic mass is 35.5. The number of nitrogens with two attached hydrogens (primary N) is 1. The lowest BCUT2D eigenvalue weighted by atomic mass is 9.97. The van der Waals surface area contributed by atoms with Crippen molar-refractivity contribution in [3.05, 3.63) is 41.8 Å². The van der Waals surface area contributed by atoms with Crippen LogP contribution in [0.2, 0.25) is 0 Å². The Hall–Kier alpha value is -1.92. The van der Waals surface area contributed by atoms with E-state index in [1.165, 1.54) is 12.1 Å². The van der Waals surface area contributed by atoms with Crippen LogP contribution in [0.25, 0.3) is 11.3 Å². The van der Waals surface area contributed by atoms with Gasteiger partial charge < -0.3 is 10.6 Å². The van der Waals surface area contributed by atoms with E-state index in [-0.39, 0.29) is 24.1 Å². The minimum atomic E-state index is -0.627. The predicted octanol–water partition coefficient (Wildman–Crippen LogP) is 4.08. The van der Waals surface area contributed by atoms with Gasteiger partial charge in [0.25, 0.3) is 0 Å². The minimum absolute atomic E-state index is 0. The van der Waals surface area contributed by atoms with Crippen molar-refractivity contribution in [2.45, 2.75) is 56.9 Å². The van der Waals surface area contributed by atoms with Crippen molar-refractivity contribution in [1.82, 2.24) is 15.1 Å². The molecule has 0 radical (unpaired) electrons. The fraction of sp³-hybridized carbons (Fsp3) is 0.524. The lowest BCUT2D eigenvalue weighted by Gasteiger charge is -2.28. The fourth-order valence-corrected chi connectivity index (χ4v) is 3.83. The Balaban J connectivity index is 0.00000280. The fourth-order valence-electron chi connectivity index (χ4n) is 3.83. The third kappa shape index (κ3) is 5.55. The second-order valence-electron chi connectivity index (χ2n) is 7.69. The molecule has 1 aliphatic carbocycles. The van der Waals surface area contributed by atoms with Crippen molar-refractivity contribution < 1.29 is 9.18 Å². The van der Waals surface area contributed by atoms with Crippen LogP contribution in [0.5, 0.6) is 0 Å². The predicted molar refractivity (Wildman–Crippen MR) is 112 cm³/mol. The number of aryl methyl sites for hydroxylation is 1. The van der Waals surface area contributed by atoms with E-state index in [9.17, 15) is 9.18 Å². The normalized spacial score (nSPS) is 15.2. The maximum Gasteiger partial charge on any atom is 0.242 e. The number of nitrogens with zero attached hydrogens (tertiary/aromatic N) is 2. The molecule has 1 fully saturated rings. The third-order valence-corrected chi connectivity index (χ3v) is 5.46. The molecule has 0 aliphatic heterocycles. The molecule has 3 rings (SSSR count). The number of aromatic nitrogens is 2. The largest absolute Gasteiger partial charge is 0.344 e. The maximum atomic E-state index is 13.3. The number of aromatic amines is 1. The van der Waals surface area contributed by atoms with Gasteiger partial charge in [-0.2, -0.15) is 5.10 Å².